The monoisotopic (exact) mass is 483 g/mol. The largest absolute Gasteiger partial charge is 0.322 e. The number of amides is 2. The molecule has 0 unspecified atom stereocenters. The van der Waals surface area contributed by atoms with E-state index in [-0.39, 0.29) is 18.2 Å². The number of hydrogen-bond donors (Lipinski definition) is 2. The summed E-state index contributed by atoms with van der Waals surface area (Å²) in [7, 11) is 0. The van der Waals surface area contributed by atoms with Gasteiger partial charge in [-0.2, -0.15) is 5.10 Å². The van der Waals surface area contributed by atoms with E-state index >= 15 is 0 Å². The lowest BCUT2D eigenvalue weighted by molar-refractivity contribution is -0.120. The van der Waals surface area contributed by atoms with E-state index in [1.165, 1.54) is 0 Å². The van der Waals surface area contributed by atoms with Gasteiger partial charge >= 0.3 is 0 Å². The molecule has 0 spiro atoms. The van der Waals surface area contributed by atoms with Crippen LogP contribution in [-0.4, -0.2) is 17.5 Å². The second-order valence-electron chi connectivity index (χ2n) is 6.55. The molecule has 2 N–H and O–H groups in total. The number of nitrogens with one attached hydrogen (secondary N) is 2. The van der Waals surface area contributed by atoms with E-state index in [4.69, 9.17) is 11.6 Å². The zero-order valence-corrected chi connectivity index (χ0v) is 18.5. The summed E-state index contributed by atoms with van der Waals surface area (Å²) in [5.41, 5.74) is 6.01. The van der Waals surface area contributed by atoms with Crippen molar-refractivity contribution in [3.05, 3.63) is 99.0 Å². The van der Waals surface area contributed by atoms with E-state index in [9.17, 15) is 9.59 Å². The van der Waals surface area contributed by atoms with Gasteiger partial charge in [0.15, 0.2) is 0 Å². The minimum absolute atomic E-state index is 0.194. The van der Waals surface area contributed by atoms with Crippen molar-refractivity contribution in [1.29, 1.82) is 0 Å². The van der Waals surface area contributed by atoms with E-state index in [1.807, 2.05) is 36.4 Å². The fourth-order valence-corrected chi connectivity index (χ4v) is 3.16. The highest BCUT2D eigenvalue weighted by atomic mass is 79.9. The highest BCUT2D eigenvalue weighted by molar-refractivity contribution is 9.10. The molecule has 0 aromatic heterocycles. The minimum atomic E-state index is -0.279. The van der Waals surface area contributed by atoms with Crippen LogP contribution in [0.1, 0.15) is 28.4 Å². The van der Waals surface area contributed by atoms with Gasteiger partial charge in [-0.3, -0.25) is 9.59 Å². The Labute approximate surface area is 188 Å². The van der Waals surface area contributed by atoms with Crippen molar-refractivity contribution < 1.29 is 9.59 Å². The predicted molar refractivity (Wildman–Crippen MR) is 124 cm³/mol. The molecule has 0 bridgehead atoms. The normalized spacial score (nSPS) is 11.1. The van der Waals surface area contributed by atoms with Crippen LogP contribution in [-0.2, 0) is 11.2 Å². The van der Waals surface area contributed by atoms with Crippen molar-refractivity contribution in [3.8, 4) is 0 Å². The number of halogens is 2. The molecule has 0 heterocycles. The Bertz CT molecular complexity index is 1080. The van der Waals surface area contributed by atoms with Gasteiger partial charge in [0, 0.05) is 10.2 Å². The van der Waals surface area contributed by atoms with Crippen molar-refractivity contribution in [3.63, 3.8) is 0 Å². The van der Waals surface area contributed by atoms with E-state index in [0.717, 1.165) is 15.6 Å². The average molecular weight is 485 g/mol. The molecule has 3 rings (SSSR count). The first-order chi connectivity index (χ1) is 14.4. The maximum atomic E-state index is 12.3. The molecule has 3 aromatic rings. The second kappa shape index (κ2) is 10.2. The summed E-state index contributed by atoms with van der Waals surface area (Å²) in [5, 5.41) is 7.37. The molecule has 0 saturated carbocycles. The van der Waals surface area contributed by atoms with Gasteiger partial charge in [-0.05, 0) is 54.4 Å². The molecular formula is C23H19BrClN3O2. The average Bonchev–Trinajstić information content (AvgIpc) is 2.74. The molecule has 0 saturated heterocycles. The summed E-state index contributed by atoms with van der Waals surface area (Å²) >= 11 is 9.43. The molecule has 0 radical (unpaired) electrons. The number of benzene rings is 3. The SMILES string of the molecule is CC(=NNC(=O)Cc1ccc(Br)cc1)c1ccc(NC(=O)c2ccccc2Cl)cc1. The summed E-state index contributed by atoms with van der Waals surface area (Å²) in [5.74, 6) is -0.473. The molecule has 0 atom stereocenters. The molecule has 0 fully saturated rings. The van der Waals surface area contributed by atoms with Gasteiger partial charge in [-0.25, -0.2) is 5.43 Å². The third-order valence-corrected chi connectivity index (χ3v) is 5.16. The molecule has 2 amide bonds. The summed E-state index contributed by atoms with van der Waals surface area (Å²) in [6.07, 6.45) is 0.247. The first-order valence-corrected chi connectivity index (χ1v) is 10.3. The predicted octanol–water partition coefficient (Wildman–Crippen LogP) is 5.44. The Balaban J connectivity index is 1.58. The van der Waals surface area contributed by atoms with Crippen molar-refractivity contribution >= 4 is 50.7 Å². The van der Waals surface area contributed by atoms with Crippen molar-refractivity contribution in [2.45, 2.75) is 13.3 Å². The number of carbonyl (C=O) groups excluding carboxylic acids is 2. The first kappa shape index (κ1) is 21.7. The van der Waals surface area contributed by atoms with Crippen molar-refractivity contribution in [1.82, 2.24) is 5.43 Å². The van der Waals surface area contributed by atoms with Gasteiger partial charge in [0.05, 0.1) is 22.7 Å². The Morgan fingerprint density at radius 1 is 0.967 bits per heavy atom. The Hall–Kier alpha value is -2.96. The minimum Gasteiger partial charge on any atom is -0.322 e. The quantitative estimate of drug-likeness (QED) is 0.361. The van der Waals surface area contributed by atoms with E-state index in [0.29, 0.717) is 22.0 Å². The van der Waals surface area contributed by atoms with Crippen LogP contribution in [0.3, 0.4) is 0 Å². The lowest BCUT2D eigenvalue weighted by Crippen LogP contribution is -2.21. The van der Waals surface area contributed by atoms with E-state index < -0.39 is 0 Å². The zero-order chi connectivity index (χ0) is 21.5. The zero-order valence-electron chi connectivity index (χ0n) is 16.2. The second-order valence-corrected chi connectivity index (χ2v) is 7.87. The van der Waals surface area contributed by atoms with Gasteiger partial charge in [-0.1, -0.05) is 63.9 Å². The van der Waals surface area contributed by atoms with E-state index in [1.54, 1.807) is 43.3 Å². The molecule has 30 heavy (non-hydrogen) atoms. The van der Waals surface area contributed by atoms with Gasteiger partial charge < -0.3 is 5.32 Å². The third-order valence-electron chi connectivity index (χ3n) is 4.31. The topological polar surface area (TPSA) is 70.6 Å². The Kier molecular flexibility index (Phi) is 7.38. The molecular weight excluding hydrogens is 466 g/mol. The van der Waals surface area contributed by atoms with Gasteiger partial charge in [0.25, 0.3) is 5.91 Å². The maximum absolute atomic E-state index is 12.3. The molecule has 0 aliphatic carbocycles. The van der Waals surface area contributed by atoms with Gasteiger partial charge in [0.1, 0.15) is 0 Å². The summed E-state index contributed by atoms with van der Waals surface area (Å²) < 4.78 is 0.965. The number of anilines is 1. The fourth-order valence-electron chi connectivity index (χ4n) is 2.68. The molecule has 7 heteroatoms. The number of carbonyl (C=O) groups is 2. The van der Waals surface area contributed by atoms with Crippen LogP contribution >= 0.6 is 27.5 Å². The molecule has 152 valence electrons. The van der Waals surface area contributed by atoms with E-state index in [2.05, 4.69) is 31.8 Å². The first-order valence-electron chi connectivity index (χ1n) is 9.16. The highest BCUT2D eigenvalue weighted by Gasteiger charge is 2.10. The molecule has 0 aliphatic rings. The molecule has 0 aliphatic heterocycles. The van der Waals surface area contributed by atoms with Gasteiger partial charge in [0.2, 0.25) is 5.91 Å². The number of hydrazone groups is 1. The number of rotatable bonds is 6. The van der Waals surface area contributed by atoms with Crippen LogP contribution in [0.25, 0.3) is 0 Å². The number of hydrogen-bond acceptors (Lipinski definition) is 3. The van der Waals surface area contributed by atoms with Crippen LogP contribution in [0.5, 0.6) is 0 Å². The summed E-state index contributed by atoms with van der Waals surface area (Å²) in [6.45, 7) is 1.80. The smallest absolute Gasteiger partial charge is 0.257 e. The van der Waals surface area contributed by atoms with Crippen LogP contribution in [0.4, 0.5) is 5.69 Å². The molecule has 3 aromatic carbocycles. The lowest BCUT2D eigenvalue weighted by Gasteiger charge is -2.08. The number of nitrogens with zero attached hydrogens (tertiary/aromatic N) is 1. The third kappa shape index (κ3) is 6.02. The Morgan fingerprint density at radius 3 is 2.30 bits per heavy atom. The summed E-state index contributed by atoms with van der Waals surface area (Å²) in [6, 6.07) is 21.6. The fraction of sp³-hybridized carbons (Fsp3) is 0.0870. The lowest BCUT2D eigenvalue weighted by atomic mass is 10.1. The Morgan fingerprint density at radius 2 is 1.63 bits per heavy atom. The maximum Gasteiger partial charge on any atom is 0.257 e. The van der Waals surface area contributed by atoms with Gasteiger partial charge in [-0.15, -0.1) is 0 Å². The van der Waals surface area contributed by atoms with Crippen LogP contribution in [0.2, 0.25) is 5.02 Å². The van der Waals surface area contributed by atoms with Crippen LogP contribution < -0.4 is 10.7 Å². The van der Waals surface area contributed by atoms with Crippen LogP contribution in [0.15, 0.2) is 82.4 Å². The van der Waals surface area contributed by atoms with Crippen molar-refractivity contribution in [2.75, 3.05) is 5.32 Å². The summed E-state index contributed by atoms with van der Waals surface area (Å²) in [4.78, 5) is 24.4. The molecule has 5 nitrogen and oxygen atoms in total. The van der Waals surface area contributed by atoms with Crippen LogP contribution in [0, 0.1) is 0 Å². The van der Waals surface area contributed by atoms with Crippen molar-refractivity contribution in [2.24, 2.45) is 5.10 Å². The highest BCUT2D eigenvalue weighted by Crippen LogP contribution is 2.18. The standard InChI is InChI=1S/C23H19BrClN3O2/c1-15(27-28-22(29)14-16-6-10-18(24)11-7-16)17-8-12-19(13-9-17)26-23(30)20-4-2-3-5-21(20)25/h2-13H,14H2,1H3,(H,26,30)(H,28,29).